The lowest BCUT2D eigenvalue weighted by molar-refractivity contribution is -0.129. The highest BCUT2D eigenvalue weighted by Gasteiger charge is 2.41. The van der Waals surface area contributed by atoms with Crippen LogP contribution in [0.5, 0.6) is 0 Å². The van der Waals surface area contributed by atoms with E-state index in [1.54, 1.807) is 0 Å². The Balaban J connectivity index is 1.71. The summed E-state index contributed by atoms with van der Waals surface area (Å²) in [6, 6.07) is 10.3. The molecule has 0 bridgehead atoms. The molecule has 1 aromatic carbocycles. The van der Waals surface area contributed by atoms with Gasteiger partial charge in [-0.25, -0.2) is 0 Å². The highest BCUT2D eigenvalue weighted by atomic mass is 32.2. The lowest BCUT2D eigenvalue weighted by Crippen LogP contribution is -2.30. The number of fused-ring (bicyclic) bond motifs is 1. The van der Waals surface area contributed by atoms with Crippen LogP contribution in [0.1, 0.15) is 5.56 Å². The average molecular weight is 234 g/mol. The molecule has 0 saturated carbocycles. The molecular weight excluding hydrogens is 220 g/mol. The van der Waals surface area contributed by atoms with Gasteiger partial charge in [-0.3, -0.25) is 9.69 Å². The molecule has 0 unspecified atom stereocenters. The van der Waals surface area contributed by atoms with Crippen molar-refractivity contribution in [2.24, 2.45) is 0 Å². The topological polar surface area (TPSA) is 23.6 Å². The molecule has 2 aliphatic rings. The van der Waals surface area contributed by atoms with Crippen LogP contribution in [-0.4, -0.2) is 40.0 Å². The van der Waals surface area contributed by atoms with Gasteiger partial charge in [0.05, 0.1) is 6.67 Å². The summed E-state index contributed by atoms with van der Waals surface area (Å²) < 4.78 is 0. The normalized spacial score (nSPS) is 25.1. The Morgan fingerprint density at radius 3 is 2.88 bits per heavy atom. The Morgan fingerprint density at radius 1 is 1.31 bits per heavy atom. The number of amides is 1. The van der Waals surface area contributed by atoms with E-state index in [0.717, 1.165) is 24.8 Å². The van der Waals surface area contributed by atoms with Gasteiger partial charge in [-0.2, -0.15) is 0 Å². The van der Waals surface area contributed by atoms with Gasteiger partial charge in [0, 0.05) is 18.2 Å². The van der Waals surface area contributed by atoms with E-state index in [0.29, 0.717) is 5.91 Å². The van der Waals surface area contributed by atoms with Gasteiger partial charge in [0.1, 0.15) is 6.04 Å². The molecule has 1 atom stereocenters. The molecule has 0 spiro atoms. The van der Waals surface area contributed by atoms with Crippen molar-refractivity contribution in [3.8, 4) is 0 Å². The van der Waals surface area contributed by atoms with Crippen molar-refractivity contribution in [2.75, 3.05) is 18.3 Å². The van der Waals surface area contributed by atoms with Crippen LogP contribution < -0.4 is 0 Å². The number of nitrogens with zero attached hydrogens (tertiary/aromatic N) is 2. The maximum atomic E-state index is 12.1. The Bertz CT molecular complexity index is 395. The van der Waals surface area contributed by atoms with Crippen molar-refractivity contribution >= 4 is 17.7 Å². The predicted molar refractivity (Wildman–Crippen MR) is 64.8 cm³/mol. The summed E-state index contributed by atoms with van der Waals surface area (Å²) in [5.74, 6) is 2.26. The molecule has 1 amide bonds. The second-order valence-corrected chi connectivity index (χ2v) is 5.27. The fourth-order valence-electron chi connectivity index (χ4n) is 2.28. The van der Waals surface area contributed by atoms with Crippen LogP contribution in [0.2, 0.25) is 0 Å². The number of benzene rings is 1. The van der Waals surface area contributed by atoms with Gasteiger partial charge in [0.2, 0.25) is 5.91 Å². The van der Waals surface area contributed by atoms with Crippen LogP contribution in [0.15, 0.2) is 30.3 Å². The number of rotatable bonds is 2. The number of hydrogen-bond acceptors (Lipinski definition) is 3. The first kappa shape index (κ1) is 10.2. The second-order valence-electron chi connectivity index (χ2n) is 4.27. The molecule has 0 N–H and O–H groups in total. The van der Waals surface area contributed by atoms with E-state index in [1.807, 2.05) is 34.9 Å². The zero-order valence-corrected chi connectivity index (χ0v) is 9.82. The molecule has 0 aliphatic carbocycles. The number of thioether (sulfide) groups is 1. The summed E-state index contributed by atoms with van der Waals surface area (Å²) >= 11 is 1.86. The maximum Gasteiger partial charge on any atom is 0.242 e. The van der Waals surface area contributed by atoms with Gasteiger partial charge in [-0.05, 0) is 5.56 Å². The second kappa shape index (κ2) is 4.11. The van der Waals surface area contributed by atoms with E-state index in [9.17, 15) is 4.79 Å². The van der Waals surface area contributed by atoms with Crippen molar-refractivity contribution in [1.82, 2.24) is 9.80 Å². The zero-order chi connectivity index (χ0) is 11.0. The van der Waals surface area contributed by atoms with Gasteiger partial charge in [-0.1, -0.05) is 30.3 Å². The quantitative estimate of drug-likeness (QED) is 0.772. The van der Waals surface area contributed by atoms with E-state index in [-0.39, 0.29) is 6.04 Å². The first-order valence-electron chi connectivity index (χ1n) is 5.49. The molecule has 2 fully saturated rings. The Hall–Kier alpha value is -1.00. The lowest BCUT2D eigenvalue weighted by atomic mass is 10.2. The summed E-state index contributed by atoms with van der Waals surface area (Å²) in [6.07, 6.45) is 0. The van der Waals surface area contributed by atoms with E-state index >= 15 is 0 Å². The van der Waals surface area contributed by atoms with Crippen LogP contribution in [0, 0.1) is 0 Å². The van der Waals surface area contributed by atoms with Crippen LogP contribution in [0.3, 0.4) is 0 Å². The molecular formula is C12H14N2OS. The number of hydrogen-bond donors (Lipinski definition) is 0. The summed E-state index contributed by atoms with van der Waals surface area (Å²) in [7, 11) is 0. The first-order valence-corrected chi connectivity index (χ1v) is 6.64. The summed E-state index contributed by atoms with van der Waals surface area (Å²) in [5.41, 5.74) is 1.21. The lowest BCUT2D eigenvalue weighted by Gasteiger charge is -2.16. The van der Waals surface area contributed by atoms with Crippen molar-refractivity contribution < 1.29 is 4.79 Å². The Morgan fingerprint density at radius 2 is 2.12 bits per heavy atom. The molecule has 3 rings (SSSR count). The van der Waals surface area contributed by atoms with Gasteiger partial charge in [0.15, 0.2) is 0 Å². The van der Waals surface area contributed by atoms with Gasteiger partial charge in [-0.15, -0.1) is 11.8 Å². The summed E-state index contributed by atoms with van der Waals surface area (Å²) in [5, 5.41) is 0. The van der Waals surface area contributed by atoms with Gasteiger partial charge < -0.3 is 4.90 Å². The summed E-state index contributed by atoms with van der Waals surface area (Å²) in [6.45, 7) is 1.54. The fourth-order valence-corrected chi connectivity index (χ4v) is 3.45. The molecule has 3 nitrogen and oxygen atoms in total. The van der Waals surface area contributed by atoms with Crippen molar-refractivity contribution in [3.63, 3.8) is 0 Å². The minimum absolute atomic E-state index is 0.147. The highest BCUT2D eigenvalue weighted by Crippen LogP contribution is 2.28. The van der Waals surface area contributed by atoms with Gasteiger partial charge >= 0.3 is 0 Å². The molecule has 4 heteroatoms. The SMILES string of the molecule is O=C1[C@@H]2CSCN2CN1Cc1ccccc1. The van der Waals surface area contributed by atoms with Crippen molar-refractivity contribution in [2.45, 2.75) is 12.6 Å². The predicted octanol–water partition coefficient (Wildman–Crippen LogP) is 1.36. The maximum absolute atomic E-state index is 12.1. The van der Waals surface area contributed by atoms with Gasteiger partial charge in [0.25, 0.3) is 0 Å². The number of carbonyl (C=O) groups is 1. The largest absolute Gasteiger partial charge is 0.324 e. The summed E-state index contributed by atoms with van der Waals surface area (Å²) in [4.78, 5) is 16.3. The van der Waals surface area contributed by atoms with E-state index in [1.165, 1.54) is 5.56 Å². The number of carbonyl (C=O) groups excluding carboxylic acids is 1. The standard InChI is InChI=1S/C12H14N2OS/c15-12-11-7-16-9-14(11)8-13(12)6-10-4-2-1-3-5-10/h1-5,11H,6-9H2/t11-/m0/s1. The monoisotopic (exact) mass is 234 g/mol. The third kappa shape index (κ3) is 1.72. The molecule has 0 radical (unpaired) electrons. The third-order valence-electron chi connectivity index (χ3n) is 3.14. The first-order chi connectivity index (χ1) is 7.84. The van der Waals surface area contributed by atoms with Crippen molar-refractivity contribution in [1.29, 1.82) is 0 Å². The minimum atomic E-state index is 0.147. The molecule has 1 aromatic rings. The third-order valence-corrected chi connectivity index (χ3v) is 4.20. The molecule has 84 valence electrons. The average Bonchev–Trinajstić information content (AvgIpc) is 2.86. The van der Waals surface area contributed by atoms with Crippen molar-refractivity contribution in [3.05, 3.63) is 35.9 Å². The fraction of sp³-hybridized carbons (Fsp3) is 0.417. The Labute approximate surface area is 99.4 Å². The smallest absolute Gasteiger partial charge is 0.242 e. The van der Waals surface area contributed by atoms with Crippen LogP contribution in [0.25, 0.3) is 0 Å². The molecule has 16 heavy (non-hydrogen) atoms. The minimum Gasteiger partial charge on any atom is -0.324 e. The molecule has 2 aliphatic heterocycles. The van der Waals surface area contributed by atoms with E-state index < -0.39 is 0 Å². The van der Waals surface area contributed by atoms with Crippen LogP contribution >= 0.6 is 11.8 Å². The van der Waals surface area contributed by atoms with Crippen LogP contribution in [0.4, 0.5) is 0 Å². The van der Waals surface area contributed by atoms with E-state index in [4.69, 9.17) is 0 Å². The molecule has 2 heterocycles. The Kier molecular flexibility index (Phi) is 2.61. The zero-order valence-electron chi connectivity index (χ0n) is 9.00. The van der Waals surface area contributed by atoms with E-state index in [2.05, 4.69) is 17.0 Å². The van der Waals surface area contributed by atoms with Crippen LogP contribution in [-0.2, 0) is 11.3 Å². The highest BCUT2D eigenvalue weighted by molar-refractivity contribution is 7.99. The molecule has 2 saturated heterocycles. The molecule has 0 aromatic heterocycles.